The average Bonchev–Trinajstić information content (AvgIpc) is 2.28. The Morgan fingerprint density at radius 1 is 1.22 bits per heavy atom. The van der Waals surface area contributed by atoms with Crippen LogP contribution in [-0.4, -0.2) is 13.4 Å². The molecule has 0 bridgehead atoms. The van der Waals surface area contributed by atoms with Gasteiger partial charge in [-0.1, -0.05) is 17.7 Å². The van der Waals surface area contributed by atoms with Gasteiger partial charge in [0.2, 0.25) is 0 Å². The summed E-state index contributed by atoms with van der Waals surface area (Å²) in [6, 6.07) is 7.67. The number of benzene rings is 1. The monoisotopic (exact) mass is 286 g/mol. The number of hydrogen-bond acceptors (Lipinski definition) is 3. The topological polar surface area (TPSA) is 59.1 Å². The molecule has 0 amide bonds. The fraction of sp³-hybridized carbons (Fsp3) is 0. The molecule has 0 radical (unpaired) electrons. The van der Waals surface area contributed by atoms with Gasteiger partial charge in [0.1, 0.15) is 11.0 Å². The van der Waals surface area contributed by atoms with Crippen molar-refractivity contribution < 1.29 is 12.8 Å². The molecule has 1 aromatic carbocycles. The third-order valence-electron chi connectivity index (χ3n) is 2.09. The summed E-state index contributed by atoms with van der Waals surface area (Å²) >= 11 is 5.62. The standard InChI is InChI=1S/C11H8ClFN2O2S/c12-11-7-10(4-5-14-11)18(16,17)15-9-3-1-2-8(13)6-9/h1-7,15H. The highest BCUT2D eigenvalue weighted by molar-refractivity contribution is 7.92. The van der Waals surface area contributed by atoms with Crippen molar-refractivity contribution in [3.05, 3.63) is 53.6 Å². The van der Waals surface area contributed by atoms with Crippen LogP contribution in [0.25, 0.3) is 0 Å². The van der Waals surface area contributed by atoms with Gasteiger partial charge in [0.25, 0.3) is 10.0 Å². The number of halogens is 2. The van der Waals surface area contributed by atoms with Crippen molar-refractivity contribution in [2.45, 2.75) is 4.90 Å². The summed E-state index contributed by atoms with van der Waals surface area (Å²) in [6.45, 7) is 0. The summed E-state index contributed by atoms with van der Waals surface area (Å²) in [5, 5.41) is 0.0668. The number of nitrogens with one attached hydrogen (secondary N) is 1. The highest BCUT2D eigenvalue weighted by Crippen LogP contribution is 2.18. The molecule has 94 valence electrons. The van der Waals surface area contributed by atoms with Crippen molar-refractivity contribution in [1.29, 1.82) is 0 Å². The molecule has 0 atom stereocenters. The lowest BCUT2D eigenvalue weighted by Gasteiger charge is -2.07. The Balaban J connectivity index is 2.33. The van der Waals surface area contributed by atoms with E-state index in [0.29, 0.717) is 0 Å². The second kappa shape index (κ2) is 4.91. The van der Waals surface area contributed by atoms with Gasteiger partial charge >= 0.3 is 0 Å². The lowest BCUT2D eigenvalue weighted by atomic mass is 10.3. The molecule has 0 fully saturated rings. The second-order valence-electron chi connectivity index (χ2n) is 3.43. The molecule has 0 aliphatic heterocycles. The predicted octanol–water partition coefficient (Wildman–Crippen LogP) is 2.67. The summed E-state index contributed by atoms with van der Waals surface area (Å²) in [6.07, 6.45) is 1.28. The maximum atomic E-state index is 12.9. The molecule has 2 rings (SSSR count). The van der Waals surface area contributed by atoms with E-state index < -0.39 is 15.8 Å². The Morgan fingerprint density at radius 2 is 2.00 bits per heavy atom. The molecule has 4 nitrogen and oxygen atoms in total. The number of aromatic nitrogens is 1. The largest absolute Gasteiger partial charge is 0.280 e. The first kappa shape index (κ1) is 12.8. The van der Waals surface area contributed by atoms with Gasteiger partial charge in [0, 0.05) is 6.20 Å². The van der Waals surface area contributed by atoms with E-state index >= 15 is 0 Å². The van der Waals surface area contributed by atoms with E-state index in [9.17, 15) is 12.8 Å². The average molecular weight is 287 g/mol. The Hall–Kier alpha value is -1.66. The van der Waals surface area contributed by atoms with E-state index in [0.717, 1.165) is 6.07 Å². The fourth-order valence-corrected chi connectivity index (χ4v) is 2.62. The van der Waals surface area contributed by atoms with Crippen LogP contribution in [0.4, 0.5) is 10.1 Å². The van der Waals surface area contributed by atoms with E-state index in [2.05, 4.69) is 9.71 Å². The molecule has 1 aromatic heterocycles. The van der Waals surface area contributed by atoms with Crippen LogP contribution in [0.15, 0.2) is 47.5 Å². The zero-order chi connectivity index (χ0) is 13.2. The maximum Gasteiger partial charge on any atom is 0.262 e. The normalized spacial score (nSPS) is 11.2. The molecule has 0 unspecified atom stereocenters. The van der Waals surface area contributed by atoms with E-state index in [1.165, 1.54) is 36.5 Å². The third kappa shape index (κ3) is 2.96. The van der Waals surface area contributed by atoms with Crippen molar-refractivity contribution in [3.8, 4) is 0 Å². The first-order valence-corrected chi connectivity index (χ1v) is 6.73. The van der Waals surface area contributed by atoms with Gasteiger partial charge in [-0.25, -0.2) is 17.8 Å². The minimum absolute atomic E-state index is 0.0354. The predicted molar refractivity (Wildman–Crippen MR) is 66.5 cm³/mol. The minimum atomic E-state index is -3.79. The molecule has 0 saturated carbocycles. The molecular weight excluding hydrogens is 279 g/mol. The van der Waals surface area contributed by atoms with E-state index in [4.69, 9.17) is 11.6 Å². The molecule has 0 aliphatic rings. The zero-order valence-electron chi connectivity index (χ0n) is 8.97. The summed E-state index contributed by atoms with van der Waals surface area (Å²) < 4.78 is 39.1. The van der Waals surface area contributed by atoms with Gasteiger partial charge in [0.05, 0.1) is 10.6 Å². The van der Waals surface area contributed by atoms with Crippen LogP contribution in [0, 0.1) is 5.82 Å². The summed E-state index contributed by atoms with van der Waals surface area (Å²) in [5.41, 5.74) is 0.142. The summed E-state index contributed by atoms with van der Waals surface area (Å²) in [7, 11) is -3.79. The number of rotatable bonds is 3. The quantitative estimate of drug-likeness (QED) is 0.883. The molecule has 0 spiro atoms. The fourth-order valence-electron chi connectivity index (χ4n) is 1.32. The van der Waals surface area contributed by atoms with Crippen molar-refractivity contribution in [2.24, 2.45) is 0 Å². The lowest BCUT2D eigenvalue weighted by Crippen LogP contribution is -2.13. The van der Waals surface area contributed by atoms with Crippen LogP contribution < -0.4 is 4.72 Å². The SMILES string of the molecule is O=S(=O)(Nc1cccc(F)c1)c1ccnc(Cl)c1. The molecule has 1 N–H and O–H groups in total. The number of anilines is 1. The highest BCUT2D eigenvalue weighted by atomic mass is 35.5. The summed E-state index contributed by atoms with van der Waals surface area (Å²) in [5.74, 6) is -0.525. The van der Waals surface area contributed by atoms with Crippen LogP contribution in [0.5, 0.6) is 0 Å². The number of pyridine rings is 1. The number of hydrogen-bond donors (Lipinski definition) is 1. The van der Waals surface area contributed by atoms with Crippen molar-refractivity contribution in [1.82, 2.24) is 4.98 Å². The van der Waals surface area contributed by atoms with Gasteiger partial charge in [-0.15, -0.1) is 0 Å². The Bertz CT molecular complexity index is 676. The first-order valence-electron chi connectivity index (χ1n) is 4.87. The smallest absolute Gasteiger partial charge is 0.262 e. The van der Waals surface area contributed by atoms with E-state index in [1.54, 1.807) is 0 Å². The molecule has 18 heavy (non-hydrogen) atoms. The molecule has 1 heterocycles. The molecule has 7 heteroatoms. The van der Waals surface area contributed by atoms with Crippen LogP contribution in [0.3, 0.4) is 0 Å². The van der Waals surface area contributed by atoms with Gasteiger partial charge in [-0.2, -0.15) is 0 Å². The highest BCUT2D eigenvalue weighted by Gasteiger charge is 2.14. The second-order valence-corrected chi connectivity index (χ2v) is 5.50. The molecule has 2 aromatic rings. The van der Waals surface area contributed by atoms with Gasteiger partial charge < -0.3 is 0 Å². The minimum Gasteiger partial charge on any atom is -0.280 e. The Morgan fingerprint density at radius 3 is 2.67 bits per heavy atom. The van der Waals surface area contributed by atoms with Crippen LogP contribution in [0.2, 0.25) is 5.15 Å². The van der Waals surface area contributed by atoms with Crippen molar-refractivity contribution in [2.75, 3.05) is 4.72 Å². The van der Waals surface area contributed by atoms with Crippen molar-refractivity contribution in [3.63, 3.8) is 0 Å². The number of sulfonamides is 1. The third-order valence-corrected chi connectivity index (χ3v) is 3.67. The first-order chi connectivity index (χ1) is 8.47. The van der Waals surface area contributed by atoms with Crippen LogP contribution >= 0.6 is 11.6 Å². The Kier molecular flexibility index (Phi) is 3.49. The molecule has 0 saturated heterocycles. The maximum absolute atomic E-state index is 12.9. The van der Waals surface area contributed by atoms with E-state index in [-0.39, 0.29) is 15.7 Å². The van der Waals surface area contributed by atoms with Crippen LogP contribution in [-0.2, 0) is 10.0 Å². The van der Waals surface area contributed by atoms with Crippen molar-refractivity contribution >= 4 is 27.3 Å². The molecular formula is C11H8ClFN2O2S. The zero-order valence-corrected chi connectivity index (χ0v) is 10.5. The van der Waals surface area contributed by atoms with E-state index in [1.807, 2.05) is 0 Å². The molecule has 0 aliphatic carbocycles. The van der Waals surface area contributed by atoms with Crippen LogP contribution in [0.1, 0.15) is 0 Å². The Labute approximate surface area is 108 Å². The number of nitrogens with zero attached hydrogens (tertiary/aromatic N) is 1. The van der Waals surface area contributed by atoms with Gasteiger partial charge in [-0.3, -0.25) is 4.72 Å². The van der Waals surface area contributed by atoms with Gasteiger partial charge in [0.15, 0.2) is 0 Å². The lowest BCUT2D eigenvalue weighted by molar-refractivity contribution is 0.601. The van der Waals surface area contributed by atoms with Gasteiger partial charge in [-0.05, 0) is 30.3 Å². The summed E-state index contributed by atoms with van der Waals surface area (Å²) in [4.78, 5) is 3.65.